The molecule has 0 fully saturated rings. The highest BCUT2D eigenvalue weighted by molar-refractivity contribution is 5.98. The molecule has 1 aromatic carbocycles. The van der Waals surface area contributed by atoms with E-state index in [1.165, 1.54) is 6.92 Å². The second-order valence-corrected chi connectivity index (χ2v) is 17.3. The van der Waals surface area contributed by atoms with Crippen molar-refractivity contribution in [3.05, 3.63) is 35.9 Å². The summed E-state index contributed by atoms with van der Waals surface area (Å²) >= 11 is 0. The highest BCUT2D eigenvalue weighted by atomic mass is 16.4. The average Bonchev–Trinajstić information content (AvgIpc) is 3.29. The van der Waals surface area contributed by atoms with Gasteiger partial charge in [0.05, 0.1) is 0 Å². The number of rotatable bonds is 34. The first-order valence-corrected chi connectivity index (χ1v) is 23.4. The summed E-state index contributed by atoms with van der Waals surface area (Å²) in [5.74, 6) is -6.81. The Morgan fingerprint density at radius 2 is 0.824 bits per heavy atom. The van der Waals surface area contributed by atoms with Gasteiger partial charge in [-0.05, 0) is 102 Å². The minimum Gasteiger partial charge on any atom is -0.480 e. The SMILES string of the molecule is CCC(C)CCC(=O)N[C@H](CCN)C(=O)N[C@@H](CCN)C(=O)N[C@@H](CCN)C(=O)N[C@@H](C)C(=O)N[C@H](Cc1ccccc1)C(=O)N[C@@H](CCN)C(=O)N[C@@H](CCN)C(=O)N[C@@H](CC(C)C)C(=O)O. The fourth-order valence-electron chi connectivity index (χ4n) is 6.82. The van der Waals surface area contributed by atoms with E-state index in [1.807, 2.05) is 13.8 Å². The van der Waals surface area contributed by atoms with Crippen molar-refractivity contribution in [2.45, 2.75) is 147 Å². The Kier molecular flexibility index (Phi) is 29.1. The van der Waals surface area contributed by atoms with E-state index in [1.54, 1.807) is 44.2 Å². The number of nitrogens with two attached hydrogens (primary N) is 5. The van der Waals surface area contributed by atoms with E-state index in [4.69, 9.17) is 28.7 Å². The summed E-state index contributed by atoms with van der Waals surface area (Å²) in [5, 5.41) is 30.2. The molecule has 1 rings (SSSR count). The van der Waals surface area contributed by atoms with Crippen molar-refractivity contribution in [1.29, 1.82) is 0 Å². The second kappa shape index (κ2) is 32.9. The van der Waals surface area contributed by atoms with E-state index in [-0.39, 0.29) is 95.9 Å². The van der Waals surface area contributed by atoms with Gasteiger partial charge in [0.1, 0.15) is 48.3 Å². The molecular weight excluding hydrogens is 883 g/mol. The molecule has 0 saturated heterocycles. The van der Waals surface area contributed by atoms with Crippen LogP contribution in [0.4, 0.5) is 0 Å². The number of nitrogens with one attached hydrogen (secondary N) is 8. The number of benzene rings is 1. The molecule has 0 aliphatic carbocycles. The molecule has 0 heterocycles. The minimum absolute atomic E-state index is 0.0268. The number of carbonyl (C=O) groups is 9. The second-order valence-electron chi connectivity index (χ2n) is 17.3. The lowest BCUT2D eigenvalue weighted by Gasteiger charge is -2.27. The van der Waals surface area contributed by atoms with Crippen LogP contribution >= 0.6 is 0 Å². The van der Waals surface area contributed by atoms with E-state index in [9.17, 15) is 48.3 Å². The van der Waals surface area contributed by atoms with Crippen molar-refractivity contribution < 1.29 is 48.3 Å². The fraction of sp³-hybridized carbons (Fsp3) is 0.667. The monoisotopic (exact) mass is 962 g/mol. The summed E-state index contributed by atoms with van der Waals surface area (Å²) < 4.78 is 0. The third-order valence-electron chi connectivity index (χ3n) is 11.0. The van der Waals surface area contributed by atoms with Gasteiger partial charge in [0.2, 0.25) is 47.3 Å². The average molecular weight is 962 g/mol. The molecule has 1 unspecified atom stereocenters. The van der Waals surface area contributed by atoms with E-state index in [0.717, 1.165) is 6.42 Å². The predicted molar refractivity (Wildman–Crippen MR) is 255 cm³/mol. The van der Waals surface area contributed by atoms with Crippen LogP contribution in [0.5, 0.6) is 0 Å². The van der Waals surface area contributed by atoms with Crippen molar-refractivity contribution in [3.63, 3.8) is 0 Å². The summed E-state index contributed by atoms with van der Waals surface area (Å²) in [6.07, 6.45) is 1.64. The quantitative estimate of drug-likeness (QED) is 0.0324. The third kappa shape index (κ3) is 22.8. The molecule has 0 bridgehead atoms. The van der Waals surface area contributed by atoms with E-state index in [0.29, 0.717) is 17.9 Å². The normalized spacial score (nSPS) is 15.1. The lowest BCUT2D eigenvalue weighted by molar-refractivity contribution is -0.143. The van der Waals surface area contributed by atoms with Crippen LogP contribution in [0, 0.1) is 11.8 Å². The smallest absolute Gasteiger partial charge is 0.326 e. The molecule has 384 valence electrons. The molecule has 23 heteroatoms. The number of amides is 8. The highest BCUT2D eigenvalue weighted by Gasteiger charge is 2.34. The Morgan fingerprint density at radius 3 is 1.19 bits per heavy atom. The van der Waals surface area contributed by atoms with Crippen molar-refractivity contribution >= 4 is 53.2 Å². The number of carboxylic acid groups (broad SMARTS) is 1. The van der Waals surface area contributed by atoms with Gasteiger partial charge in [0, 0.05) is 12.8 Å². The van der Waals surface area contributed by atoms with Gasteiger partial charge in [-0.3, -0.25) is 38.4 Å². The number of aliphatic carboxylic acids is 1. The maximum Gasteiger partial charge on any atom is 0.326 e. The van der Waals surface area contributed by atoms with Crippen molar-refractivity contribution in [1.82, 2.24) is 42.5 Å². The summed E-state index contributed by atoms with van der Waals surface area (Å²) in [5.41, 5.74) is 29.5. The van der Waals surface area contributed by atoms with Gasteiger partial charge in [0.25, 0.3) is 0 Å². The van der Waals surface area contributed by atoms with Gasteiger partial charge in [-0.2, -0.15) is 0 Å². The molecule has 0 aromatic heterocycles. The molecule has 0 spiro atoms. The van der Waals surface area contributed by atoms with Crippen LogP contribution < -0.4 is 71.2 Å². The fourth-order valence-corrected chi connectivity index (χ4v) is 6.82. The number of carbonyl (C=O) groups excluding carboxylic acids is 8. The highest BCUT2D eigenvalue weighted by Crippen LogP contribution is 2.11. The summed E-state index contributed by atoms with van der Waals surface area (Å²) in [7, 11) is 0. The van der Waals surface area contributed by atoms with Crippen LogP contribution in [0.2, 0.25) is 0 Å². The van der Waals surface area contributed by atoms with Crippen molar-refractivity contribution in [3.8, 4) is 0 Å². The van der Waals surface area contributed by atoms with Gasteiger partial charge >= 0.3 is 5.97 Å². The maximum absolute atomic E-state index is 14.0. The molecular formula is C45H79N13O10. The maximum atomic E-state index is 14.0. The van der Waals surface area contributed by atoms with Crippen LogP contribution in [-0.4, -0.2) is 139 Å². The van der Waals surface area contributed by atoms with Gasteiger partial charge in [-0.15, -0.1) is 0 Å². The minimum atomic E-state index is -1.32. The topological polar surface area (TPSA) is 400 Å². The van der Waals surface area contributed by atoms with Crippen LogP contribution in [0.15, 0.2) is 30.3 Å². The molecule has 0 radical (unpaired) electrons. The molecule has 0 aliphatic rings. The van der Waals surface area contributed by atoms with Crippen LogP contribution in [0.25, 0.3) is 0 Å². The Morgan fingerprint density at radius 1 is 0.471 bits per heavy atom. The van der Waals surface area contributed by atoms with Crippen LogP contribution in [0.3, 0.4) is 0 Å². The van der Waals surface area contributed by atoms with Gasteiger partial charge in [-0.25, -0.2) is 4.79 Å². The molecule has 0 saturated carbocycles. The number of hydrogen-bond acceptors (Lipinski definition) is 14. The molecule has 0 aliphatic heterocycles. The Hall–Kier alpha value is -5.75. The first-order chi connectivity index (χ1) is 32.2. The molecule has 9 atom stereocenters. The zero-order valence-corrected chi connectivity index (χ0v) is 40.3. The summed E-state index contributed by atoms with van der Waals surface area (Å²) in [6.45, 7) is 8.82. The Bertz CT molecular complexity index is 1770. The zero-order chi connectivity index (χ0) is 51.3. The van der Waals surface area contributed by atoms with Crippen molar-refractivity contribution in [2.75, 3.05) is 32.7 Å². The van der Waals surface area contributed by atoms with Gasteiger partial charge < -0.3 is 76.3 Å². The van der Waals surface area contributed by atoms with Crippen LogP contribution in [-0.2, 0) is 49.6 Å². The lowest BCUT2D eigenvalue weighted by atomic mass is 10.0. The Labute approximate surface area is 399 Å². The molecule has 23 nitrogen and oxygen atoms in total. The van der Waals surface area contributed by atoms with Crippen molar-refractivity contribution in [2.24, 2.45) is 40.5 Å². The first kappa shape index (κ1) is 60.3. The summed E-state index contributed by atoms with van der Waals surface area (Å²) in [6, 6.07) is -1.30. The van der Waals surface area contributed by atoms with E-state index < -0.39 is 95.7 Å². The van der Waals surface area contributed by atoms with Gasteiger partial charge in [-0.1, -0.05) is 64.4 Å². The first-order valence-electron chi connectivity index (χ1n) is 23.4. The molecule has 19 N–H and O–H groups in total. The molecule has 68 heavy (non-hydrogen) atoms. The van der Waals surface area contributed by atoms with Crippen LogP contribution in [0.1, 0.15) is 98.0 Å². The van der Waals surface area contributed by atoms with E-state index >= 15 is 0 Å². The summed E-state index contributed by atoms with van der Waals surface area (Å²) in [4.78, 5) is 119. The molecule has 1 aromatic rings. The zero-order valence-electron chi connectivity index (χ0n) is 40.3. The van der Waals surface area contributed by atoms with Gasteiger partial charge in [0.15, 0.2) is 0 Å². The Balaban J connectivity index is 3.22. The lowest BCUT2D eigenvalue weighted by Crippen LogP contribution is -2.60. The standard InChI is InChI=1S/C45H79N13O10/c1-6-27(4)12-13-37(59)52-30(14-19-46)40(62)54-32(16-21-48)41(63)53-31(15-20-47)39(61)51-28(5)38(60)57-35(25-29-10-8-7-9-11-29)44(66)56-33(17-22-49)42(64)55-34(18-23-50)43(65)58-36(45(67)68)24-26(2)3/h7-11,26-28,30-36H,6,12-25,46-50H2,1-5H3,(H,51,61)(H,52,59)(H,53,63)(H,54,62)(H,55,64)(H,56,66)(H,57,60)(H,58,65)(H,67,68)/t27?,28-,30+,31-,32-,33-,34-,35+,36-/m0/s1. The molecule has 8 amide bonds. The largest absolute Gasteiger partial charge is 0.480 e. The number of carboxylic acids is 1. The predicted octanol–water partition coefficient (Wildman–Crippen LogP) is -3.17. The third-order valence-corrected chi connectivity index (χ3v) is 11.0. The van der Waals surface area contributed by atoms with E-state index in [2.05, 4.69) is 42.5 Å². The number of hydrogen-bond donors (Lipinski definition) is 14.